The first-order valence-corrected chi connectivity index (χ1v) is 8.70. The Morgan fingerprint density at radius 2 is 1.36 bits per heavy atom. The predicted molar refractivity (Wildman–Crippen MR) is 101 cm³/mol. The Labute approximate surface area is 172 Å². The van der Waals surface area contributed by atoms with E-state index in [1.165, 1.54) is 18.2 Å². The first kappa shape index (κ1) is 21.9. The zero-order valence-electron chi connectivity index (χ0n) is 11.7. The van der Waals surface area contributed by atoms with Gasteiger partial charge in [0.15, 0.2) is 0 Å². The van der Waals surface area contributed by atoms with Crippen LogP contribution in [-0.2, 0) is 0 Å². The molecule has 0 amide bonds. The van der Waals surface area contributed by atoms with Gasteiger partial charge in [-0.15, -0.1) is 0 Å². The van der Waals surface area contributed by atoms with E-state index < -0.39 is 29.0 Å². The first-order valence-electron chi connectivity index (χ1n) is 5.98. The molecule has 0 aromatic heterocycles. The molecule has 0 bridgehead atoms. The number of hydrogen-bond acceptors (Lipinski definition) is 4. The number of rotatable bonds is 2. The average molecular weight is 537 g/mol. The minimum absolute atomic E-state index is 0.0155. The SMILES string of the molecule is O=C(O)c1c(O)c(Cl)cc(Br)c1Cl.O=C(O)c1cc(Br)cc(Cl)c1O. The second-order valence-electron chi connectivity index (χ2n) is 4.27. The Balaban J connectivity index is 0.000000251. The Kier molecular flexibility index (Phi) is 7.83. The van der Waals surface area contributed by atoms with Gasteiger partial charge in [0.2, 0.25) is 0 Å². The summed E-state index contributed by atoms with van der Waals surface area (Å²) >= 11 is 22.7. The van der Waals surface area contributed by atoms with Crippen LogP contribution in [0.4, 0.5) is 0 Å². The third kappa shape index (κ3) is 5.39. The molecule has 2 aromatic carbocycles. The highest BCUT2D eigenvalue weighted by Crippen LogP contribution is 2.38. The molecule has 0 aliphatic rings. The largest absolute Gasteiger partial charge is 0.505 e. The van der Waals surface area contributed by atoms with Crippen molar-refractivity contribution in [3.63, 3.8) is 0 Å². The molecular weight excluding hydrogens is 530 g/mol. The molecule has 0 saturated heterocycles. The molecule has 0 atom stereocenters. The van der Waals surface area contributed by atoms with Crippen molar-refractivity contribution in [2.75, 3.05) is 0 Å². The average Bonchev–Trinajstić information content (AvgIpc) is 2.49. The summed E-state index contributed by atoms with van der Waals surface area (Å²) in [5, 5.41) is 35.5. The van der Waals surface area contributed by atoms with Crippen LogP contribution in [0.3, 0.4) is 0 Å². The second kappa shape index (κ2) is 8.95. The van der Waals surface area contributed by atoms with Gasteiger partial charge in [0.05, 0.1) is 15.1 Å². The quantitative estimate of drug-likeness (QED) is 0.368. The fourth-order valence-corrected chi connectivity index (χ4v) is 3.31. The molecule has 0 unspecified atom stereocenters. The van der Waals surface area contributed by atoms with Gasteiger partial charge in [0, 0.05) is 8.95 Å². The van der Waals surface area contributed by atoms with E-state index in [1.807, 2.05) is 0 Å². The number of aromatic hydroxyl groups is 2. The Bertz CT molecular complexity index is 831. The van der Waals surface area contributed by atoms with Crippen LogP contribution in [0.2, 0.25) is 15.1 Å². The summed E-state index contributed by atoms with van der Waals surface area (Å²) in [7, 11) is 0. The molecule has 2 aromatic rings. The van der Waals surface area contributed by atoms with Crippen molar-refractivity contribution < 1.29 is 30.0 Å². The molecule has 2 rings (SSSR count). The molecule has 0 heterocycles. The third-order valence-electron chi connectivity index (χ3n) is 2.62. The van der Waals surface area contributed by atoms with Crippen LogP contribution in [0.15, 0.2) is 27.1 Å². The van der Waals surface area contributed by atoms with E-state index in [0.717, 1.165) is 0 Å². The van der Waals surface area contributed by atoms with Gasteiger partial charge in [-0.25, -0.2) is 9.59 Å². The van der Waals surface area contributed by atoms with Gasteiger partial charge in [-0.2, -0.15) is 0 Å². The number of carboxylic acid groups (broad SMARTS) is 2. The minimum atomic E-state index is -1.33. The molecule has 4 N–H and O–H groups in total. The second-order valence-corrected chi connectivity index (χ2v) is 7.23. The summed E-state index contributed by atoms with van der Waals surface area (Å²) in [5.74, 6) is -3.48. The lowest BCUT2D eigenvalue weighted by atomic mass is 10.2. The summed E-state index contributed by atoms with van der Waals surface area (Å²) in [4.78, 5) is 21.1. The number of carboxylic acids is 2. The number of hydrogen-bond donors (Lipinski definition) is 4. The number of carbonyl (C=O) groups is 2. The summed E-state index contributed by atoms with van der Waals surface area (Å²) in [5.41, 5.74) is -0.615. The molecule has 25 heavy (non-hydrogen) atoms. The van der Waals surface area contributed by atoms with Crippen molar-refractivity contribution >= 4 is 78.6 Å². The minimum Gasteiger partial charge on any atom is -0.505 e. The van der Waals surface area contributed by atoms with Crippen LogP contribution in [0.1, 0.15) is 20.7 Å². The maximum Gasteiger partial charge on any atom is 0.341 e. The number of halogens is 5. The number of phenols is 2. The van der Waals surface area contributed by atoms with E-state index >= 15 is 0 Å². The highest BCUT2D eigenvalue weighted by atomic mass is 79.9. The molecular formula is C14H7Br2Cl3O6. The first-order chi connectivity index (χ1) is 11.5. The third-order valence-corrected chi connectivity index (χ3v) is 4.90. The van der Waals surface area contributed by atoms with Gasteiger partial charge >= 0.3 is 11.9 Å². The molecule has 0 fully saturated rings. The van der Waals surface area contributed by atoms with Gasteiger partial charge in [-0.3, -0.25) is 0 Å². The zero-order chi connectivity index (χ0) is 19.5. The molecule has 0 radical (unpaired) electrons. The van der Waals surface area contributed by atoms with Crippen molar-refractivity contribution in [3.8, 4) is 11.5 Å². The maximum atomic E-state index is 10.6. The molecule has 134 valence electrons. The van der Waals surface area contributed by atoms with Gasteiger partial charge in [-0.05, 0) is 34.1 Å². The molecule has 11 heteroatoms. The Hall–Kier alpha value is -1.19. The molecule has 0 saturated carbocycles. The molecule has 6 nitrogen and oxygen atoms in total. The Morgan fingerprint density at radius 1 is 0.840 bits per heavy atom. The molecule has 0 aliphatic heterocycles. The van der Waals surface area contributed by atoms with Crippen molar-refractivity contribution in [1.82, 2.24) is 0 Å². The Morgan fingerprint density at radius 3 is 1.84 bits per heavy atom. The van der Waals surface area contributed by atoms with E-state index in [-0.39, 0.29) is 20.6 Å². The van der Waals surface area contributed by atoms with Crippen molar-refractivity contribution in [2.24, 2.45) is 0 Å². The zero-order valence-corrected chi connectivity index (χ0v) is 17.2. The van der Waals surface area contributed by atoms with Crippen LogP contribution < -0.4 is 0 Å². The van der Waals surface area contributed by atoms with Crippen LogP contribution in [-0.4, -0.2) is 32.4 Å². The normalized spacial score (nSPS) is 9.96. The van der Waals surface area contributed by atoms with Crippen molar-refractivity contribution in [2.45, 2.75) is 0 Å². The number of aromatic carboxylic acids is 2. The molecule has 0 aliphatic carbocycles. The van der Waals surface area contributed by atoms with Crippen LogP contribution in [0, 0.1) is 0 Å². The summed E-state index contributed by atoms with van der Waals surface area (Å²) < 4.78 is 0.845. The lowest BCUT2D eigenvalue weighted by Crippen LogP contribution is -1.98. The van der Waals surface area contributed by atoms with Crippen LogP contribution in [0.5, 0.6) is 11.5 Å². The summed E-state index contributed by atoms with van der Waals surface area (Å²) in [6, 6.07) is 4.03. The van der Waals surface area contributed by atoms with E-state index in [0.29, 0.717) is 8.95 Å². The molecule has 0 spiro atoms. The summed E-state index contributed by atoms with van der Waals surface area (Å²) in [6.07, 6.45) is 0. The van der Waals surface area contributed by atoms with Crippen LogP contribution in [0.25, 0.3) is 0 Å². The van der Waals surface area contributed by atoms with Crippen LogP contribution >= 0.6 is 66.7 Å². The van der Waals surface area contributed by atoms with Gasteiger partial charge in [0.1, 0.15) is 22.6 Å². The van der Waals surface area contributed by atoms with E-state index in [9.17, 15) is 14.7 Å². The van der Waals surface area contributed by atoms with E-state index in [1.54, 1.807) is 0 Å². The van der Waals surface area contributed by atoms with Gasteiger partial charge < -0.3 is 20.4 Å². The van der Waals surface area contributed by atoms with Crippen molar-refractivity contribution in [1.29, 1.82) is 0 Å². The van der Waals surface area contributed by atoms with Gasteiger partial charge in [0.25, 0.3) is 0 Å². The van der Waals surface area contributed by atoms with E-state index in [4.69, 9.17) is 50.1 Å². The van der Waals surface area contributed by atoms with E-state index in [2.05, 4.69) is 31.9 Å². The maximum absolute atomic E-state index is 10.6. The lowest BCUT2D eigenvalue weighted by molar-refractivity contribution is 0.0682. The number of benzene rings is 2. The fraction of sp³-hybridized carbons (Fsp3) is 0. The smallest absolute Gasteiger partial charge is 0.341 e. The predicted octanol–water partition coefficient (Wildman–Crippen LogP) is 5.67. The highest BCUT2D eigenvalue weighted by Gasteiger charge is 2.19. The van der Waals surface area contributed by atoms with Crippen molar-refractivity contribution in [3.05, 3.63) is 53.3 Å². The lowest BCUT2D eigenvalue weighted by Gasteiger charge is -2.05. The summed E-state index contributed by atoms with van der Waals surface area (Å²) in [6.45, 7) is 0. The topological polar surface area (TPSA) is 115 Å². The fourth-order valence-electron chi connectivity index (χ4n) is 1.51. The highest BCUT2D eigenvalue weighted by molar-refractivity contribution is 9.10. The monoisotopic (exact) mass is 534 g/mol. The standard InChI is InChI=1S/C7H3BrCl2O3.C7H4BrClO3/c8-2-1-3(9)6(11)4(5(2)10)7(12)13;8-3-1-4(7(11)12)6(10)5(9)2-3/h1,11H,(H,12,13);1-2,10H,(H,11,12). The van der Waals surface area contributed by atoms with Gasteiger partial charge in [-0.1, -0.05) is 50.7 Å².